The van der Waals surface area contributed by atoms with Crippen LogP contribution in [0.5, 0.6) is 0 Å². The standard InChI is InChI=1S/C6H9FN2O4/c7-3-2(8)1-9(6(12)13)4(3)5(10)11/h2-4H,1,8H2,(H,10,11)(H,12,13)/t2-,3+,4+/m1/s1. The van der Waals surface area contributed by atoms with Crippen molar-refractivity contribution < 1.29 is 24.2 Å². The van der Waals surface area contributed by atoms with Crippen LogP contribution in [-0.2, 0) is 4.79 Å². The second-order valence-corrected chi connectivity index (χ2v) is 2.83. The lowest BCUT2D eigenvalue weighted by atomic mass is 10.1. The molecule has 4 N–H and O–H groups in total. The summed E-state index contributed by atoms with van der Waals surface area (Å²) < 4.78 is 13.0. The van der Waals surface area contributed by atoms with Crippen LogP contribution >= 0.6 is 0 Å². The average Bonchev–Trinajstić information content (AvgIpc) is 2.28. The number of halogens is 1. The van der Waals surface area contributed by atoms with Gasteiger partial charge in [0.15, 0.2) is 6.04 Å². The molecular weight excluding hydrogens is 183 g/mol. The molecule has 7 heteroatoms. The van der Waals surface area contributed by atoms with Gasteiger partial charge in [0, 0.05) is 6.54 Å². The fourth-order valence-electron chi connectivity index (χ4n) is 1.31. The molecule has 0 spiro atoms. The number of rotatable bonds is 1. The van der Waals surface area contributed by atoms with Crippen molar-refractivity contribution in [2.24, 2.45) is 5.73 Å². The van der Waals surface area contributed by atoms with Crippen molar-refractivity contribution in [1.82, 2.24) is 4.90 Å². The number of likely N-dealkylation sites (tertiary alicyclic amines) is 1. The highest BCUT2D eigenvalue weighted by Crippen LogP contribution is 2.20. The van der Waals surface area contributed by atoms with Gasteiger partial charge < -0.3 is 15.9 Å². The number of hydrogen-bond acceptors (Lipinski definition) is 3. The maximum atomic E-state index is 13.0. The highest BCUT2D eigenvalue weighted by molar-refractivity contribution is 5.81. The van der Waals surface area contributed by atoms with Crippen molar-refractivity contribution in [3.63, 3.8) is 0 Å². The third-order valence-electron chi connectivity index (χ3n) is 1.95. The Kier molecular flexibility index (Phi) is 2.37. The van der Waals surface area contributed by atoms with Gasteiger partial charge in [0.1, 0.15) is 6.17 Å². The lowest BCUT2D eigenvalue weighted by molar-refractivity contribution is -0.143. The van der Waals surface area contributed by atoms with Gasteiger partial charge >= 0.3 is 12.1 Å². The number of aliphatic carboxylic acids is 1. The number of nitrogens with zero attached hydrogens (tertiary/aromatic N) is 1. The topological polar surface area (TPSA) is 104 Å². The minimum Gasteiger partial charge on any atom is -0.480 e. The minimum atomic E-state index is -1.84. The zero-order valence-electron chi connectivity index (χ0n) is 6.55. The van der Waals surface area contributed by atoms with Crippen LogP contribution in [0.25, 0.3) is 0 Å². The highest BCUT2D eigenvalue weighted by atomic mass is 19.1. The normalized spacial score (nSPS) is 33.4. The van der Waals surface area contributed by atoms with Gasteiger partial charge in [0.2, 0.25) is 0 Å². The first-order valence-corrected chi connectivity index (χ1v) is 3.57. The van der Waals surface area contributed by atoms with Crippen molar-refractivity contribution in [3.8, 4) is 0 Å². The number of carbonyl (C=O) groups is 2. The van der Waals surface area contributed by atoms with Gasteiger partial charge in [-0.05, 0) is 0 Å². The molecule has 0 aromatic carbocycles. The Labute approximate surface area is 72.7 Å². The molecule has 1 aliphatic rings. The van der Waals surface area contributed by atoms with Crippen LogP contribution in [0.3, 0.4) is 0 Å². The number of hydrogen-bond donors (Lipinski definition) is 3. The van der Waals surface area contributed by atoms with E-state index in [9.17, 15) is 14.0 Å². The molecule has 0 saturated carbocycles. The van der Waals surface area contributed by atoms with Gasteiger partial charge in [0.05, 0.1) is 6.04 Å². The predicted octanol–water partition coefficient (Wildman–Crippen LogP) is -0.901. The highest BCUT2D eigenvalue weighted by Gasteiger charge is 2.47. The summed E-state index contributed by atoms with van der Waals surface area (Å²) in [5.74, 6) is -1.51. The maximum Gasteiger partial charge on any atom is 0.408 e. The second kappa shape index (κ2) is 3.17. The number of alkyl halides is 1. The second-order valence-electron chi connectivity index (χ2n) is 2.83. The molecule has 0 aromatic rings. The Morgan fingerprint density at radius 3 is 2.31 bits per heavy atom. The van der Waals surface area contributed by atoms with E-state index in [1.807, 2.05) is 0 Å². The number of carboxylic acids is 1. The summed E-state index contributed by atoms with van der Waals surface area (Å²) in [6.07, 6.45) is -3.31. The first-order chi connectivity index (χ1) is 5.95. The molecule has 1 saturated heterocycles. The van der Waals surface area contributed by atoms with Crippen LogP contribution in [0.15, 0.2) is 0 Å². The van der Waals surface area contributed by atoms with E-state index in [2.05, 4.69) is 0 Å². The zero-order valence-corrected chi connectivity index (χ0v) is 6.55. The minimum absolute atomic E-state index is 0.284. The lowest BCUT2D eigenvalue weighted by Crippen LogP contribution is -2.43. The average molecular weight is 192 g/mol. The zero-order chi connectivity index (χ0) is 10.2. The van der Waals surface area contributed by atoms with E-state index >= 15 is 0 Å². The van der Waals surface area contributed by atoms with Crippen molar-refractivity contribution in [3.05, 3.63) is 0 Å². The molecule has 3 atom stereocenters. The Hall–Kier alpha value is -1.37. The summed E-state index contributed by atoms with van der Waals surface area (Å²) in [5.41, 5.74) is 5.19. The first kappa shape index (κ1) is 9.72. The molecule has 1 aliphatic heterocycles. The van der Waals surface area contributed by atoms with Gasteiger partial charge in [-0.25, -0.2) is 14.0 Å². The summed E-state index contributed by atoms with van der Waals surface area (Å²) in [6.45, 7) is -0.284. The van der Waals surface area contributed by atoms with Gasteiger partial charge in [-0.15, -0.1) is 0 Å². The van der Waals surface area contributed by atoms with Gasteiger partial charge in [-0.1, -0.05) is 0 Å². The SMILES string of the molecule is N[C@@H]1CN(C(=O)O)[C@H](C(=O)O)[C@H]1F. The van der Waals surface area contributed by atoms with E-state index in [4.69, 9.17) is 15.9 Å². The molecule has 6 nitrogen and oxygen atoms in total. The summed E-state index contributed by atoms with van der Waals surface area (Å²) in [6, 6.07) is -2.73. The van der Waals surface area contributed by atoms with Crippen LogP contribution in [0, 0.1) is 0 Å². The number of amides is 1. The molecule has 0 aromatic heterocycles. The molecule has 74 valence electrons. The van der Waals surface area contributed by atoms with Crippen molar-refractivity contribution in [2.75, 3.05) is 6.54 Å². The summed E-state index contributed by atoms with van der Waals surface area (Å²) in [5, 5.41) is 17.0. The monoisotopic (exact) mass is 192 g/mol. The van der Waals surface area contributed by atoms with E-state index in [1.54, 1.807) is 0 Å². The Balaban J connectivity index is 2.86. The third kappa shape index (κ3) is 1.55. The van der Waals surface area contributed by atoms with E-state index in [1.165, 1.54) is 0 Å². The molecule has 1 heterocycles. The molecule has 13 heavy (non-hydrogen) atoms. The summed E-state index contributed by atoms with van der Waals surface area (Å²) in [4.78, 5) is 21.4. The summed E-state index contributed by atoms with van der Waals surface area (Å²) >= 11 is 0. The molecule has 0 aliphatic carbocycles. The predicted molar refractivity (Wildman–Crippen MR) is 39.0 cm³/mol. The molecule has 0 bridgehead atoms. The molecular formula is C6H9FN2O4. The Morgan fingerprint density at radius 2 is 2.00 bits per heavy atom. The quantitative estimate of drug-likeness (QED) is 0.499. The van der Waals surface area contributed by atoms with Crippen LogP contribution in [0.2, 0.25) is 0 Å². The summed E-state index contributed by atoms with van der Waals surface area (Å²) in [7, 11) is 0. The third-order valence-corrected chi connectivity index (χ3v) is 1.95. The molecule has 1 amide bonds. The number of carboxylic acid groups (broad SMARTS) is 2. The van der Waals surface area contributed by atoms with Crippen LogP contribution in [0.4, 0.5) is 9.18 Å². The van der Waals surface area contributed by atoms with E-state index < -0.39 is 30.3 Å². The van der Waals surface area contributed by atoms with E-state index in [0.717, 1.165) is 0 Å². The first-order valence-electron chi connectivity index (χ1n) is 3.57. The number of nitrogens with two attached hydrogens (primary N) is 1. The molecule has 1 fully saturated rings. The van der Waals surface area contributed by atoms with E-state index in [0.29, 0.717) is 4.90 Å². The van der Waals surface area contributed by atoms with Gasteiger partial charge in [-0.2, -0.15) is 0 Å². The Bertz CT molecular complexity index is 247. The van der Waals surface area contributed by atoms with Crippen molar-refractivity contribution in [2.45, 2.75) is 18.3 Å². The van der Waals surface area contributed by atoms with Crippen LogP contribution < -0.4 is 5.73 Å². The maximum absolute atomic E-state index is 13.0. The fourth-order valence-corrected chi connectivity index (χ4v) is 1.31. The Morgan fingerprint density at radius 1 is 1.46 bits per heavy atom. The van der Waals surface area contributed by atoms with Crippen LogP contribution in [-0.4, -0.2) is 52.0 Å². The smallest absolute Gasteiger partial charge is 0.408 e. The largest absolute Gasteiger partial charge is 0.480 e. The van der Waals surface area contributed by atoms with Crippen molar-refractivity contribution in [1.29, 1.82) is 0 Å². The van der Waals surface area contributed by atoms with Gasteiger partial charge in [0.25, 0.3) is 0 Å². The molecule has 1 rings (SSSR count). The molecule has 0 unspecified atom stereocenters. The lowest BCUT2D eigenvalue weighted by Gasteiger charge is -2.17. The van der Waals surface area contributed by atoms with Crippen LogP contribution in [0.1, 0.15) is 0 Å². The van der Waals surface area contributed by atoms with Crippen molar-refractivity contribution >= 4 is 12.1 Å². The fraction of sp³-hybridized carbons (Fsp3) is 0.667. The van der Waals surface area contributed by atoms with Gasteiger partial charge in [-0.3, -0.25) is 4.90 Å². The van der Waals surface area contributed by atoms with E-state index in [-0.39, 0.29) is 6.54 Å². The molecule has 0 radical (unpaired) electrons.